The Morgan fingerprint density at radius 2 is 1.65 bits per heavy atom. The van der Waals surface area contributed by atoms with Gasteiger partial charge in [0.2, 0.25) is 0 Å². The first kappa shape index (κ1) is 17.0. The highest BCUT2D eigenvalue weighted by atomic mass is 35.5. The highest BCUT2D eigenvalue weighted by Gasteiger charge is 2.16. The van der Waals surface area contributed by atoms with Gasteiger partial charge < -0.3 is 10.6 Å². The van der Waals surface area contributed by atoms with Gasteiger partial charge in [-0.05, 0) is 36.2 Å². The Balaban J connectivity index is 1.88. The summed E-state index contributed by atoms with van der Waals surface area (Å²) < 4.78 is 0. The van der Waals surface area contributed by atoms with Crippen molar-refractivity contribution < 1.29 is 9.59 Å². The number of hydrogen-bond acceptors (Lipinski definition) is 2. The van der Waals surface area contributed by atoms with Crippen molar-refractivity contribution in [3.8, 4) is 0 Å². The number of hydrogen-bond donors (Lipinski definition) is 2. The van der Waals surface area contributed by atoms with E-state index in [2.05, 4.69) is 17.6 Å². The van der Waals surface area contributed by atoms with Crippen LogP contribution in [0.5, 0.6) is 0 Å². The Morgan fingerprint density at radius 3 is 2.26 bits per heavy atom. The topological polar surface area (TPSA) is 58.2 Å². The van der Waals surface area contributed by atoms with Gasteiger partial charge >= 0.3 is 11.8 Å². The first-order valence-electron chi connectivity index (χ1n) is 7.50. The average Bonchev–Trinajstić information content (AvgIpc) is 2.58. The molecule has 0 saturated heterocycles. The van der Waals surface area contributed by atoms with E-state index in [-0.39, 0.29) is 5.92 Å². The Hall–Kier alpha value is -2.33. The van der Waals surface area contributed by atoms with Gasteiger partial charge in [-0.2, -0.15) is 0 Å². The summed E-state index contributed by atoms with van der Waals surface area (Å²) in [6, 6.07) is 16.5. The van der Waals surface area contributed by atoms with Gasteiger partial charge in [-0.25, -0.2) is 0 Å². The molecular formula is C18H19ClN2O2. The molecule has 0 saturated carbocycles. The van der Waals surface area contributed by atoms with E-state index in [0.717, 1.165) is 12.0 Å². The molecule has 0 radical (unpaired) electrons. The molecule has 2 N–H and O–H groups in total. The molecule has 2 aromatic rings. The third kappa shape index (κ3) is 5.11. The largest absolute Gasteiger partial charge is 0.347 e. The molecule has 0 bridgehead atoms. The Labute approximate surface area is 140 Å². The van der Waals surface area contributed by atoms with Crippen molar-refractivity contribution in [3.05, 3.63) is 65.2 Å². The van der Waals surface area contributed by atoms with Crippen molar-refractivity contribution in [2.24, 2.45) is 0 Å². The molecule has 2 aromatic carbocycles. The lowest BCUT2D eigenvalue weighted by molar-refractivity contribution is -0.136. The van der Waals surface area contributed by atoms with Crippen LogP contribution in [0.4, 0.5) is 5.69 Å². The van der Waals surface area contributed by atoms with Crippen molar-refractivity contribution in [1.82, 2.24) is 5.32 Å². The van der Waals surface area contributed by atoms with Crippen molar-refractivity contribution in [3.63, 3.8) is 0 Å². The van der Waals surface area contributed by atoms with E-state index in [1.807, 2.05) is 30.3 Å². The summed E-state index contributed by atoms with van der Waals surface area (Å²) >= 11 is 5.78. The number of rotatable bonds is 5. The molecule has 0 aliphatic carbocycles. The second kappa shape index (κ2) is 8.34. The SMILES string of the molecule is CCC(CNC(=O)C(=O)Nc1ccc(Cl)cc1)c1ccccc1. The second-order valence-corrected chi connectivity index (χ2v) is 5.62. The summed E-state index contributed by atoms with van der Waals surface area (Å²) in [5, 5.41) is 5.80. The molecule has 0 spiro atoms. The maximum absolute atomic E-state index is 11.9. The number of carbonyl (C=O) groups is 2. The number of nitrogens with one attached hydrogen (secondary N) is 2. The maximum atomic E-state index is 11.9. The molecule has 1 unspecified atom stereocenters. The predicted molar refractivity (Wildman–Crippen MR) is 92.6 cm³/mol. The lowest BCUT2D eigenvalue weighted by Crippen LogP contribution is -2.37. The fourth-order valence-electron chi connectivity index (χ4n) is 2.24. The van der Waals surface area contributed by atoms with Gasteiger partial charge in [0, 0.05) is 23.2 Å². The van der Waals surface area contributed by atoms with Crippen LogP contribution in [0.1, 0.15) is 24.8 Å². The third-order valence-electron chi connectivity index (χ3n) is 3.58. The number of carbonyl (C=O) groups excluding carboxylic acids is 2. The van der Waals surface area contributed by atoms with E-state index in [9.17, 15) is 9.59 Å². The minimum Gasteiger partial charge on any atom is -0.347 e. The van der Waals surface area contributed by atoms with Gasteiger partial charge in [-0.3, -0.25) is 9.59 Å². The Morgan fingerprint density at radius 1 is 1.00 bits per heavy atom. The first-order valence-corrected chi connectivity index (χ1v) is 7.87. The molecule has 5 heteroatoms. The van der Waals surface area contributed by atoms with Crippen molar-refractivity contribution in [2.75, 3.05) is 11.9 Å². The quantitative estimate of drug-likeness (QED) is 0.823. The molecule has 0 fully saturated rings. The van der Waals surface area contributed by atoms with E-state index in [1.165, 1.54) is 0 Å². The summed E-state index contributed by atoms with van der Waals surface area (Å²) in [6.45, 7) is 2.48. The number of benzene rings is 2. The normalized spacial score (nSPS) is 11.6. The highest BCUT2D eigenvalue weighted by Crippen LogP contribution is 2.18. The van der Waals surface area contributed by atoms with Crippen molar-refractivity contribution in [1.29, 1.82) is 0 Å². The molecule has 120 valence electrons. The third-order valence-corrected chi connectivity index (χ3v) is 3.83. The molecule has 0 aliphatic heterocycles. The van der Waals surface area contributed by atoms with Gasteiger partial charge in [0.1, 0.15) is 0 Å². The summed E-state index contributed by atoms with van der Waals surface area (Å²) in [6.07, 6.45) is 0.878. The molecule has 2 amide bonds. The minimum atomic E-state index is -0.685. The van der Waals surface area contributed by atoms with Crippen LogP contribution >= 0.6 is 11.6 Å². The van der Waals surface area contributed by atoms with Crippen molar-refractivity contribution in [2.45, 2.75) is 19.3 Å². The minimum absolute atomic E-state index is 0.184. The Bertz CT molecular complexity index is 656. The standard InChI is InChI=1S/C18H19ClN2O2/c1-2-13(14-6-4-3-5-7-14)12-20-17(22)18(23)21-16-10-8-15(19)9-11-16/h3-11,13H,2,12H2,1H3,(H,20,22)(H,21,23). The van der Waals surface area contributed by atoms with Crippen LogP contribution in [-0.2, 0) is 9.59 Å². The highest BCUT2D eigenvalue weighted by molar-refractivity contribution is 6.39. The molecule has 0 aromatic heterocycles. The number of anilines is 1. The zero-order valence-electron chi connectivity index (χ0n) is 12.9. The van der Waals surface area contributed by atoms with Crippen LogP contribution in [0.15, 0.2) is 54.6 Å². The van der Waals surface area contributed by atoms with E-state index < -0.39 is 11.8 Å². The van der Waals surface area contributed by atoms with Crippen LogP contribution in [0, 0.1) is 0 Å². The monoisotopic (exact) mass is 330 g/mol. The fraction of sp³-hybridized carbons (Fsp3) is 0.222. The van der Waals surface area contributed by atoms with Crippen molar-refractivity contribution >= 4 is 29.1 Å². The van der Waals surface area contributed by atoms with Gasteiger partial charge in [-0.1, -0.05) is 48.9 Å². The predicted octanol–water partition coefficient (Wildman–Crippen LogP) is 3.59. The summed E-state index contributed by atoms with van der Waals surface area (Å²) in [7, 11) is 0. The van der Waals surface area contributed by atoms with Gasteiger partial charge in [0.15, 0.2) is 0 Å². The van der Waals surface area contributed by atoms with Crippen LogP contribution in [-0.4, -0.2) is 18.4 Å². The van der Waals surface area contributed by atoms with Crippen LogP contribution in [0.2, 0.25) is 5.02 Å². The number of halogens is 1. The number of amides is 2. The van der Waals surface area contributed by atoms with E-state index in [0.29, 0.717) is 17.3 Å². The molecule has 4 nitrogen and oxygen atoms in total. The molecule has 23 heavy (non-hydrogen) atoms. The van der Waals surface area contributed by atoms with Crippen LogP contribution in [0.3, 0.4) is 0 Å². The molecular weight excluding hydrogens is 312 g/mol. The summed E-state index contributed by atoms with van der Waals surface area (Å²) in [5.41, 5.74) is 1.68. The van der Waals surface area contributed by atoms with E-state index >= 15 is 0 Å². The molecule has 1 atom stereocenters. The zero-order chi connectivity index (χ0) is 16.7. The second-order valence-electron chi connectivity index (χ2n) is 5.19. The summed E-state index contributed by atoms with van der Waals surface area (Å²) in [4.78, 5) is 23.8. The lowest BCUT2D eigenvalue weighted by atomic mass is 9.96. The zero-order valence-corrected chi connectivity index (χ0v) is 13.6. The molecule has 0 aliphatic rings. The fourth-order valence-corrected chi connectivity index (χ4v) is 2.37. The van der Waals surface area contributed by atoms with Gasteiger partial charge in [-0.15, -0.1) is 0 Å². The Kier molecular flexibility index (Phi) is 6.18. The molecule has 2 rings (SSSR count). The van der Waals surface area contributed by atoms with Crippen LogP contribution in [0.25, 0.3) is 0 Å². The smallest absolute Gasteiger partial charge is 0.313 e. The maximum Gasteiger partial charge on any atom is 0.313 e. The molecule has 0 heterocycles. The lowest BCUT2D eigenvalue weighted by Gasteiger charge is -2.16. The summed E-state index contributed by atoms with van der Waals surface area (Å²) in [5.74, 6) is -1.15. The first-order chi connectivity index (χ1) is 11.1. The van der Waals surface area contributed by atoms with E-state index in [1.54, 1.807) is 24.3 Å². The van der Waals surface area contributed by atoms with Gasteiger partial charge in [0.05, 0.1) is 0 Å². The van der Waals surface area contributed by atoms with Gasteiger partial charge in [0.25, 0.3) is 0 Å². The average molecular weight is 331 g/mol. The van der Waals surface area contributed by atoms with Crippen LogP contribution < -0.4 is 10.6 Å². The van der Waals surface area contributed by atoms with E-state index in [4.69, 9.17) is 11.6 Å².